The molecule has 9 heteroatoms. The van der Waals surface area contributed by atoms with Crippen LogP contribution in [0.1, 0.15) is 10.5 Å². The van der Waals surface area contributed by atoms with Crippen molar-refractivity contribution in [3.8, 4) is 17.0 Å². The third-order valence-electron chi connectivity index (χ3n) is 3.44. The maximum atomic E-state index is 14.6. The summed E-state index contributed by atoms with van der Waals surface area (Å²) in [6, 6.07) is 4.25. The van der Waals surface area contributed by atoms with Gasteiger partial charge in [-0.15, -0.1) is 0 Å². The number of aromatic nitrogens is 1. The summed E-state index contributed by atoms with van der Waals surface area (Å²) >= 11 is 12.0. The number of hydrogen-bond acceptors (Lipinski definition) is 6. The van der Waals surface area contributed by atoms with Crippen LogP contribution in [0.5, 0.6) is 5.75 Å². The molecule has 0 atom stereocenters. The highest BCUT2D eigenvalue weighted by Crippen LogP contribution is 2.36. The number of Topliss-reactive ketones (excluding diaryl/α,β-unsaturated/α-hetero) is 1. The van der Waals surface area contributed by atoms with E-state index in [1.807, 2.05) is 0 Å². The lowest BCUT2D eigenvalue weighted by atomic mass is 10.1. The molecule has 0 aliphatic rings. The number of methoxy groups -OCH3 is 2. The average Bonchev–Trinajstić information content (AvgIpc) is 2.61. The fourth-order valence-corrected chi connectivity index (χ4v) is 2.59. The molecule has 2 N–H and O–H groups in total. The number of carbonyl (C=O) groups excluding carboxylic acids is 1. The first-order valence-electron chi connectivity index (χ1n) is 7.49. The van der Waals surface area contributed by atoms with E-state index >= 15 is 0 Å². The second-order valence-corrected chi connectivity index (χ2v) is 5.96. The van der Waals surface area contributed by atoms with Gasteiger partial charge in [0.15, 0.2) is 11.6 Å². The number of anilines is 1. The van der Waals surface area contributed by atoms with E-state index in [0.29, 0.717) is 6.61 Å². The maximum absolute atomic E-state index is 14.6. The molecule has 0 unspecified atom stereocenters. The lowest BCUT2D eigenvalue weighted by molar-refractivity contribution is 0.0573. The number of nitrogens with zero attached hydrogens (tertiary/aromatic N) is 1. The fourth-order valence-electron chi connectivity index (χ4n) is 2.16. The lowest BCUT2D eigenvalue weighted by Crippen LogP contribution is -2.15. The molecule has 0 aliphatic carbocycles. The Bertz CT molecular complexity index is 818. The minimum Gasteiger partial charge on any atom is -0.492 e. The summed E-state index contributed by atoms with van der Waals surface area (Å²) in [6.07, 6.45) is 0. The Morgan fingerprint density at radius 1 is 1.27 bits per heavy atom. The lowest BCUT2D eigenvalue weighted by Gasteiger charge is -2.12. The molecule has 0 saturated heterocycles. The first kappa shape index (κ1) is 20.4. The van der Waals surface area contributed by atoms with Gasteiger partial charge in [-0.1, -0.05) is 23.2 Å². The molecule has 0 saturated carbocycles. The topological polar surface area (TPSA) is 83.7 Å². The number of halogens is 3. The predicted octanol–water partition coefficient (Wildman–Crippen LogP) is 3.63. The Labute approximate surface area is 160 Å². The molecule has 0 bridgehead atoms. The van der Waals surface area contributed by atoms with E-state index in [9.17, 15) is 9.18 Å². The number of rotatable bonds is 8. The highest BCUT2D eigenvalue weighted by atomic mass is 35.5. The van der Waals surface area contributed by atoms with Crippen LogP contribution in [0.15, 0.2) is 18.2 Å². The molecule has 140 valence electrons. The number of ketones is 1. The van der Waals surface area contributed by atoms with Crippen LogP contribution in [-0.2, 0) is 9.47 Å². The van der Waals surface area contributed by atoms with Gasteiger partial charge in [-0.2, -0.15) is 0 Å². The van der Waals surface area contributed by atoms with E-state index in [2.05, 4.69) is 4.98 Å². The summed E-state index contributed by atoms with van der Waals surface area (Å²) in [4.78, 5) is 16.5. The molecular formula is C17H17Cl2FN2O4. The van der Waals surface area contributed by atoms with Gasteiger partial charge in [0, 0.05) is 12.7 Å². The van der Waals surface area contributed by atoms with Gasteiger partial charge in [-0.05, 0) is 18.2 Å². The monoisotopic (exact) mass is 402 g/mol. The zero-order valence-electron chi connectivity index (χ0n) is 14.1. The number of pyridine rings is 1. The Kier molecular flexibility index (Phi) is 7.16. The smallest absolute Gasteiger partial charge is 0.208 e. The zero-order chi connectivity index (χ0) is 19.3. The van der Waals surface area contributed by atoms with Gasteiger partial charge >= 0.3 is 0 Å². The Balaban J connectivity index is 2.41. The summed E-state index contributed by atoms with van der Waals surface area (Å²) in [5, 5.41) is 0.0916. The number of nitrogens with two attached hydrogens (primary N) is 1. The van der Waals surface area contributed by atoms with Crippen LogP contribution < -0.4 is 10.5 Å². The minimum absolute atomic E-state index is 0.0181. The van der Waals surface area contributed by atoms with Gasteiger partial charge in [-0.25, -0.2) is 9.37 Å². The van der Waals surface area contributed by atoms with Crippen molar-refractivity contribution in [3.05, 3.63) is 39.8 Å². The van der Waals surface area contributed by atoms with Crippen LogP contribution in [0.3, 0.4) is 0 Å². The van der Waals surface area contributed by atoms with Gasteiger partial charge in [0.05, 0.1) is 41.8 Å². The quantitative estimate of drug-likeness (QED) is 0.535. The van der Waals surface area contributed by atoms with Crippen molar-refractivity contribution in [2.45, 2.75) is 0 Å². The van der Waals surface area contributed by atoms with Crippen molar-refractivity contribution >= 4 is 34.7 Å². The Morgan fingerprint density at radius 3 is 2.65 bits per heavy atom. The van der Waals surface area contributed by atoms with Gasteiger partial charge < -0.3 is 19.9 Å². The second kappa shape index (κ2) is 9.14. The maximum Gasteiger partial charge on any atom is 0.208 e. The van der Waals surface area contributed by atoms with E-state index in [0.717, 1.165) is 0 Å². The van der Waals surface area contributed by atoms with E-state index in [4.69, 9.17) is 43.1 Å². The van der Waals surface area contributed by atoms with E-state index in [-0.39, 0.29) is 51.6 Å². The van der Waals surface area contributed by atoms with E-state index in [1.165, 1.54) is 32.4 Å². The molecular weight excluding hydrogens is 386 g/mol. The van der Waals surface area contributed by atoms with E-state index in [1.54, 1.807) is 0 Å². The molecule has 0 amide bonds. The number of carbonyl (C=O) groups is 1. The first-order valence-corrected chi connectivity index (χ1v) is 8.24. The third-order valence-corrected chi connectivity index (χ3v) is 4.14. The molecule has 26 heavy (non-hydrogen) atoms. The summed E-state index contributed by atoms with van der Waals surface area (Å²) in [7, 11) is 2.81. The average molecular weight is 403 g/mol. The van der Waals surface area contributed by atoms with Crippen molar-refractivity contribution in [1.29, 1.82) is 0 Å². The summed E-state index contributed by atoms with van der Waals surface area (Å²) < 4.78 is 29.6. The van der Waals surface area contributed by atoms with Crippen LogP contribution in [0.25, 0.3) is 11.3 Å². The van der Waals surface area contributed by atoms with Crippen LogP contribution >= 0.6 is 23.2 Å². The summed E-state index contributed by atoms with van der Waals surface area (Å²) in [5.74, 6) is -1.33. The van der Waals surface area contributed by atoms with Crippen molar-refractivity contribution < 1.29 is 23.4 Å². The predicted molar refractivity (Wildman–Crippen MR) is 97.6 cm³/mol. The zero-order valence-corrected chi connectivity index (χ0v) is 15.7. The Hall–Kier alpha value is -1.93. The van der Waals surface area contributed by atoms with Crippen LogP contribution in [0.4, 0.5) is 10.1 Å². The molecule has 1 heterocycles. The number of benzene rings is 1. The molecule has 1 aromatic carbocycles. The van der Waals surface area contributed by atoms with Gasteiger partial charge in [0.2, 0.25) is 5.78 Å². The SMILES string of the molecule is COCCOCC(=O)c1nc(-c2ccc(Cl)c(OC)c2F)cc(N)c1Cl. The molecule has 0 radical (unpaired) electrons. The second-order valence-electron chi connectivity index (χ2n) is 5.17. The van der Waals surface area contributed by atoms with Crippen molar-refractivity contribution in [1.82, 2.24) is 4.98 Å². The Morgan fingerprint density at radius 2 is 2.00 bits per heavy atom. The summed E-state index contributed by atoms with van der Waals surface area (Å²) in [5.41, 5.74) is 6.04. The largest absolute Gasteiger partial charge is 0.492 e. The van der Waals surface area contributed by atoms with Gasteiger partial charge in [0.1, 0.15) is 12.3 Å². The molecule has 2 aromatic rings. The molecule has 0 spiro atoms. The number of ether oxygens (including phenoxy) is 3. The minimum atomic E-state index is -0.719. The molecule has 0 aliphatic heterocycles. The van der Waals surface area contributed by atoms with Crippen LogP contribution in [-0.4, -0.2) is 44.8 Å². The van der Waals surface area contributed by atoms with Gasteiger partial charge in [-0.3, -0.25) is 4.79 Å². The fraction of sp³-hybridized carbons (Fsp3) is 0.294. The van der Waals surface area contributed by atoms with Crippen molar-refractivity contribution in [2.75, 3.05) is 39.8 Å². The van der Waals surface area contributed by atoms with Crippen molar-refractivity contribution in [2.24, 2.45) is 0 Å². The molecule has 0 fully saturated rings. The van der Waals surface area contributed by atoms with Crippen molar-refractivity contribution in [3.63, 3.8) is 0 Å². The molecule has 2 rings (SSSR count). The standard InChI is InChI=1S/C17H17Cl2FN2O4/c1-24-5-6-26-8-13(23)16-14(19)11(21)7-12(22-16)9-3-4-10(18)17(25-2)15(9)20/h3-4,7H,5-6,8H2,1-2H3,(H2,21,22). The molecule has 1 aromatic heterocycles. The third kappa shape index (κ3) is 4.42. The number of nitrogen functional groups attached to an aromatic ring is 1. The normalized spacial score (nSPS) is 10.8. The van der Waals surface area contributed by atoms with Gasteiger partial charge in [0.25, 0.3) is 0 Å². The highest BCUT2D eigenvalue weighted by molar-refractivity contribution is 6.36. The molecule has 6 nitrogen and oxygen atoms in total. The van der Waals surface area contributed by atoms with Crippen LogP contribution in [0, 0.1) is 5.82 Å². The van der Waals surface area contributed by atoms with E-state index < -0.39 is 11.6 Å². The first-order chi connectivity index (χ1) is 12.4. The highest BCUT2D eigenvalue weighted by Gasteiger charge is 2.21. The van der Waals surface area contributed by atoms with Crippen LogP contribution in [0.2, 0.25) is 10.0 Å². The number of hydrogen-bond donors (Lipinski definition) is 1. The summed E-state index contributed by atoms with van der Waals surface area (Å²) in [6.45, 7) is 0.315.